The van der Waals surface area contributed by atoms with E-state index in [-0.39, 0.29) is 0 Å². The molecule has 1 fully saturated rings. The van der Waals surface area contributed by atoms with Crippen LogP contribution >= 0.6 is 0 Å². The van der Waals surface area contributed by atoms with E-state index in [0.717, 1.165) is 12.4 Å². The molecule has 1 aromatic heterocycles. The summed E-state index contributed by atoms with van der Waals surface area (Å²) in [5.74, 6) is 8.41. The molecule has 1 aromatic rings. The highest BCUT2D eigenvalue weighted by molar-refractivity contribution is 5.49. The summed E-state index contributed by atoms with van der Waals surface area (Å²) in [7, 11) is 0. The van der Waals surface area contributed by atoms with Gasteiger partial charge in [-0.15, -0.1) is 0 Å². The minimum atomic E-state index is 0.413. The first-order valence-corrected chi connectivity index (χ1v) is 7.34. The Labute approximate surface area is 120 Å². The molecule has 112 valence electrons. The second-order valence-corrected chi connectivity index (χ2v) is 5.36. The molecule has 1 saturated heterocycles. The van der Waals surface area contributed by atoms with Gasteiger partial charge in [-0.3, -0.25) is 0 Å². The van der Waals surface area contributed by atoms with Crippen LogP contribution in [0, 0.1) is 5.92 Å². The van der Waals surface area contributed by atoms with E-state index in [1.807, 2.05) is 13.0 Å². The zero-order chi connectivity index (χ0) is 14.5. The average molecular weight is 279 g/mol. The van der Waals surface area contributed by atoms with Crippen LogP contribution in [0.4, 0.5) is 11.6 Å². The predicted molar refractivity (Wildman–Crippen MR) is 80.4 cm³/mol. The first-order chi connectivity index (χ1) is 9.65. The van der Waals surface area contributed by atoms with Gasteiger partial charge in [0.15, 0.2) is 5.82 Å². The maximum absolute atomic E-state index is 5.51. The standard InChI is InChI=1S/C14H25N5O/c1-4-20-9-13-16-12(18-15)8-14(17-13)19-7-5-6-10(2)11(19)3/h8,10-11H,4-7,9,15H2,1-3H3,(H,16,17,18). The zero-order valence-corrected chi connectivity index (χ0v) is 12.6. The molecule has 0 aliphatic carbocycles. The molecule has 6 nitrogen and oxygen atoms in total. The lowest BCUT2D eigenvalue weighted by Crippen LogP contribution is -2.43. The normalized spacial score (nSPS) is 22.9. The Morgan fingerprint density at radius 1 is 1.45 bits per heavy atom. The summed E-state index contributed by atoms with van der Waals surface area (Å²) < 4.78 is 5.40. The van der Waals surface area contributed by atoms with Gasteiger partial charge in [0.1, 0.15) is 18.2 Å². The first kappa shape index (κ1) is 15.0. The van der Waals surface area contributed by atoms with Crippen molar-refractivity contribution in [2.45, 2.75) is 46.3 Å². The number of nitrogens with zero attached hydrogens (tertiary/aromatic N) is 3. The van der Waals surface area contributed by atoms with E-state index < -0.39 is 0 Å². The van der Waals surface area contributed by atoms with Gasteiger partial charge >= 0.3 is 0 Å². The summed E-state index contributed by atoms with van der Waals surface area (Å²) >= 11 is 0. The minimum Gasteiger partial charge on any atom is -0.374 e. The molecule has 6 heteroatoms. The maximum atomic E-state index is 5.51. The molecule has 0 bridgehead atoms. The van der Waals surface area contributed by atoms with E-state index in [4.69, 9.17) is 10.6 Å². The van der Waals surface area contributed by atoms with Crippen molar-refractivity contribution in [3.05, 3.63) is 11.9 Å². The van der Waals surface area contributed by atoms with E-state index in [0.29, 0.717) is 36.8 Å². The lowest BCUT2D eigenvalue weighted by Gasteiger charge is -2.39. The third-order valence-corrected chi connectivity index (χ3v) is 4.01. The van der Waals surface area contributed by atoms with Crippen molar-refractivity contribution in [1.29, 1.82) is 0 Å². The van der Waals surface area contributed by atoms with Crippen molar-refractivity contribution in [2.75, 3.05) is 23.5 Å². The Bertz CT molecular complexity index is 440. The molecular weight excluding hydrogens is 254 g/mol. The van der Waals surface area contributed by atoms with Crippen molar-refractivity contribution < 1.29 is 4.74 Å². The second-order valence-electron chi connectivity index (χ2n) is 5.36. The van der Waals surface area contributed by atoms with Crippen LogP contribution in [0.25, 0.3) is 0 Å². The number of aromatic nitrogens is 2. The third kappa shape index (κ3) is 3.37. The molecule has 3 N–H and O–H groups in total. The van der Waals surface area contributed by atoms with Gasteiger partial charge in [0, 0.05) is 25.3 Å². The van der Waals surface area contributed by atoms with Gasteiger partial charge in [-0.2, -0.15) is 0 Å². The number of nitrogen functional groups attached to an aromatic ring is 1. The molecule has 0 amide bonds. The van der Waals surface area contributed by atoms with Gasteiger partial charge in [0.05, 0.1) is 0 Å². The lowest BCUT2D eigenvalue weighted by molar-refractivity contribution is 0.128. The summed E-state index contributed by atoms with van der Waals surface area (Å²) in [5, 5.41) is 0. The summed E-state index contributed by atoms with van der Waals surface area (Å²) in [6, 6.07) is 2.38. The fourth-order valence-electron chi connectivity index (χ4n) is 2.62. The van der Waals surface area contributed by atoms with Crippen LogP contribution in [0.2, 0.25) is 0 Å². The van der Waals surface area contributed by atoms with Crippen molar-refractivity contribution in [3.8, 4) is 0 Å². The monoisotopic (exact) mass is 279 g/mol. The fraction of sp³-hybridized carbons (Fsp3) is 0.714. The highest BCUT2D eigenvalue weighted by Crippen LogP contribution is 2.28. The highest BCUT2D eigenvalue weighted by Gasteiger charge is 2.26. The van der Waals surface area contributed by atoms with E-state index in [1.54, 1.807) is 0 Å². The molecular formula is C14H25N5O. The van der Waals surface area contributed by atoms with E-state index in [1.165, 1.54) is 12.8 Å². The number of hydrogen-bond acceptors (Lipinski definition) is 6. The van der Waals surface area contributed by atoms with Crippen LogP contribution in [0.1, 0.15) is 39.4 Å². The largest absolute Gasteiger partial charge is 0.374 e. The molecule has 2 unspecified atom stereocenters. The van der Waals surface area contributed by atoms with Crippen LogP contribution in [0.15, 0.2) is 6.07 Å². The molecule has 0 saturated carbocycles. The Morgan fingerprint density at radius 3 is 2.95 bits per heavy atom. The Morgan fingerprint density at radius 2 is 2.25 bits per heavy atom. The molecule has 1 aliphatic heterocycles. The van der Waals surface area contributed by atoms with Gasteiger partial charge in [-0.05, 0) is 32.6 Å². The highest BCUT2D eigenvalue weighted by atomic mass is 16.5. The van der Waals surface area contributed by atoms with Crippen molar-refractivity contribution in [3.63, 3.8) is 0 Å². The van der Waals surface area contributed by atoms with Crippen LogP contribution < -0.4 is 16.2 Å². The van der Waals surface area contributed by atoms with Crippen molar-refractivity contribution in [2.24, 2.45) is 11.8 Å². The smallest absolute Gasteiger partial charge is 0.158 e. The Hall–Kier alpha value is -1.40. The predicted octanol–water partition coefficient (Wildman–Crippen LogP) is 1.92. The summed E-state index contributed by atoms with van der Waals surface area (Å²) in [6.07, 6.45) is 2.47. The molecule has 1 aliphatic rings. The summed E-state index contributed by atoms with van der Waals surface area (Å²) in [5.41, 5.74) is 2.62. The van der Waals surface area contributed by atoms with Crippen molar-refractivity contribution in [1.82, 2.24) is 9.97 Å². The Balaban J connectivity index is 2.24. The van der Waals surface area contributed by atoms with Gasteiger partial charge in [0.2, 0.25) is 0 Å². The average Bonchev–Trinajstić information content (AvgIpc) is 2.47. The van der Waals surface area contributed by atoms with Crippen molar-refractivity contribution >= 4 is 11.6 Å². The van der Waals surface area contributed by atoms with E-state index >= 15 is 0 Å². The molecule has 0 spiro atoms. The molecule has 2 rings (SSSR count). The molecule has 2 heterocycles. The van der Waals surface area contributed by atoms with E-state index in [2.05, 4.69) is 34.1 Å². The number of piperidine rings is 1. The van der Waals surface area contributed by atoms with E-state index in [9.17, 15) is 0 Å². The maximum Gasteiger partial charge on any atom is 0.158 e. The summed E-state index contributed by atoms with van der Waals surface area (Å²) in [4.78, 5) is 11.3. The fourth-order valence-corrected chi connectivity index (χ4v) is 2.62. The third-order valence-electron chi connectivity index (χ3n) is 4.01. The number of nitrogens with two attached hydrogens (primary N) is 1. The van der Waals surface area contributed by atoms with Crippen LogP contribution in [-0.4, -0.2) is 29.2 Å². The van der Waals surface area contributed by atoms with Gasteiger partial charge < -0.3 is 15.1 Å². The number of nitrogens with one attached hydrogen (secondary N) is 1. The number of anilines is 2. The van der Waals surface area contributed by atoms with Crippen LogP contribution in [0.3, 0.4) is 0 Å². The topological polar surface area (TPSA) is 76.3 Å². The quantitative estimate of drug-likeness (QED) is 0.633. The number of rotatable bonds is 5. The van der Waals surface area contributed by atoms with Crippen LogP contribution in [-0.2, 0) is 11.3 Å². The Kier molecular flexibility index (Phi) is 5.14. The van der Waals surface area contributed by atoms with Gasteiger partial charge in [-0.1, -0.05) is 6.92 Å². The molecule has 2 atom stereocenters. The molecule has 0 radical (unpaired) electrons. The second kappa shape index (κ2) is 6.85. The molecule has 20 heavy (non-hydrogen) atoms. The summed E-state index contributed by atoms with van der Waals surface area (Å²) in [6.45, 7) is 8.60. The number of ether oxygens (including phenoxy) is 1. The first-order valence-electron chi connectivity index (χ1n) is 7.34. The minimum absolute atomic E-state index is 0.413. The SMILES string of the molecule is CCOCc1nc(NN)cc(N2CCCC(C)C2C)n1. The van der Waals surface area contributed by atoms with Gasteiger partial charge in [-0.25, -0.2) is 15.8 Å². The number of hydrazine groups is 1. The van der Waals surface area contributed by atoms with Gasteiger partial charge in [0.25, 0.3) is 0 Å². The zero-order valence-electron chi connectivity index (χ0n) is 12.6. The number of hydrogen-bond donors (Lipinski definition) is 2. The van der Waals surface area contributed by atoms with Crippen LogP contribution in [0.5, 0.6) is 0 Å². The molecule has 0 aromatic carbocycles. The lowest BCUT2D eigenvalue weighted by atomic mass is 9.92.